The summed E-state index contributed by atoms with van der Waals surface area (Å²) >= 11 is 0. The molecule has 0 aromatic heterocycles. The zero-order valence-corrected chi connectivity index (χ0v) is 55.4. The summed E-state index contributed by atoms with van der Waals surface area (Å²) in [5.74, 6) is -0.0321. The predicted molar refractivity (Wildman–Crippen MR) is 331 cm³/mol. The smallest absolute Gasteiger partial charge is 0.462 e. The molecule has 0 heterocycles. The second-order valence-electron chi connectivity index (χ2n) is 24.6. The summed E-state index contributed by atoms with van der Waals surface area (Å²) in [7, 11) is -9.89. The number of rotatable bonds is 62. The van der Waals surface area contributed by atoms with Gasteiger partial charge in [-0.2, -0.15) is 0 Å². The molecule has 3 N–H and O–H groups in total. The van der Waals surface area contributed by atoms with Gasteiger partial charge in [0.25, 0.3) is 0 Å². The van der Waals surface area contributed by atoms with Gasteiger partial charge >= 0.3 is 39.5 Å². The molecule has 0 spiro atoms. The molecule has 17 nitrogen and oxygen atoms in total. The van der Waals surface area contributed by atoms with Crippen LogP contribution >= 0.6 is 15.6 Å². The van der Waals surface area contributed by atoms with Crippen molar-refractivity contribution in [2.45, 2.75) is 330 Å². The third kappa shape index (κ3) is 58.8. The van der Waals surface area contributed by atoms with Crippen molar-refractivity contribution in [3.8, 4) is 0 Å². The van der Waals surface area contributed by atoms with Gasteiger partial charge in [0.05, 0.1) is 26.4 Å². The predicted octanol–water partition coefficient (Wildman–Crippen LogP) is 17.5. The molecule has 492 valence electrons. The van der Waals surface area contributed by atoms with Crippen LogP contribution in [0.1, 0.15) is 312 Å². The van der Waals surface area contributed by atoms with E-state index in [0.29, 0.717) is 43.4 Å². The van der Waals surface area contributed by atoms with E-state index in [1.165, 1.54) is 109 Å². The molecule has 2 unspecified atom stereocenters. The van der Waals surface area contributed by atoms with Crippen LogP contribution in [0.2, 0.25) is 0 Å². The van der Waals surface area contributed by atoms with Crippen molar-refractivity contribution >= 4 is 39.5 Å². The Bertz CT molecular complexity index is 1650. The van der Waals surface area contributed by atoms with E-state index in [1.807, 2.05) is 0 Å². The fraction of sp³-hybridized carbons (Fsp3) is 0.938. The Labute approximate surface area is 505 Å². The van der Waals surface area contributed by atoms with Crippen molar-refractivity contribution in [1.29, 1.82) is 0 Å². The Morgan fingerprint density at radius 3 is 0.819 bits per heavy atom. The van der Waals surface area contributed by atoms with Crippen LogP contribution in [0.5, 0.6) is 0 Å². The molecule has 0 bridgehead atoms. The van der Waals surface area contributed by atoms with Crippen LogP contribution in [-0.4, -0.2) is 96.7 Å². The van der Waals surface area contributed by atoms with Gasteiger partial charge in [-0.05, 0) is 43.4 Å². The number of hydrogen-bond acceptors (Lipinski definition) is 15. The number of carbonyl (C=O) groups excluding carboxylic acids is 4. The molecule has 5 atom stereocenters. The highest BCUT2D eigenvalue weighted by Crippen LogP contribution is 2.45. The third-order valence-corrected chi connectivity index (χ3v) is 16.5. The first-order valence-electron chi connectivity index (χ1n) is 33.3. The van der Waals surface area contributed by atoms with Gasteiger partial charge in [0.15, 0.2) is 12.2 Å². The maximum atomic E-state index is 13.0. The van der Waals surface area contributed by atoms with Gasteiger partial charge in [-0.15, -0.1) is 0 Å². The van der Waals surface area contributed by atoms with Crippen molar-refractivity contribution in [1.82, 2.24) is 0 Å². The van der Waals surface area contributed by atoms with E-state index >= 15 is 0 Å². The number of hydrogen-bond donors (Lipinski definition) is 3. The van der Waals surface area contributed by atoms with E-state index in [9.17, 15) is 43.2 Å². The van der Waals surface area contributed by atoms with Crippen molar-refractivity contribution in [3.05, 3.63) is 0 Å². The molecule has 0 saturated heterocycles. The van der Waals surface area contributed by atoms with Crippen molar-refractivity contribution < 1.29 is 80.2 Å². The van der Waals surface area contributed by atoms with Gasteiger partial charge in [-0.3, -0.25) is 37.3 Å². The van der Waals surface area contributed by atoms with Crippen LogP contribution in [-0.2, 0) is 65.4 Å². The SMILES string of the molecule is CCCCCCCCCCCCCCCC(=O)O[C@H](COC(=O)CCCCCCCCCC(C)C)COP(=O)(O)OC[C@@H](O)COP(=O)(O)OC[C@@H](COC(=O)CCCCCCCCCC(C)C)OC(=O)CCCCCCCCCC(C)C. The Morgan fingerprint density at radius 2 is 0.554 bits per heavy atom. The van der Waals surface area contributed by atoms with Crippen LogP contribution in [0, 0.1) is 17.8 Å². The lowest BCUT2D eigenvalue weighted by molar-refractivity contribution is -0.161. The lowest BCUT2D eigenvalue weighted by atomic mass is 10.0. The van der Waals surface area contributed by atoms with Gasteiger partial charge in [0.2, 0.25) is 0 Å². The van der Waals surface area contributed by atoms with Crippen LogP contribution < -0.4 is 0 Å². The first-order chi connectivity index (χ1) is 39.7. The van der Waals surface area contributed by atoms with Crippen molar-refractivity contribution in [2.24, 2.45) is 17.8 Å². The van der Waals surface area contributed by atoms with Crippen LogP contribution in [0.15, 0.2) is 0 Å². The second kappa shape index (κ2) is 55.4. The summed E-state index contributed by atoms with van der Waals surface area (Å²) in [6.07, 6.45) is 36.4. The number of unbranched alkanes of at least 4 members (excludes halogenated alkanes) is 30. The molecule has 83 heavy (non-hydrogen) atoms. The summed E-state index contributed by atoms with van der Waals surface area (Å²) in [6, 6.07) is 0. The zero-order chi connectivity index (χ0) is 61.7. The normalized spacial score (nSPS) is 14.4. The number of phosphoric ester groups is 2. The monoisotopic (exact) mass is 1230 g/mol. The summed E-state index contributed by atoms with van der Waals surface area (Å²) in [4.78, 5) is 72.2. The number of ether oxygens (including phenoxy) is 4. The van der Waals surface area contributed by atoms with E-state index in [4.69, 9.17) is 37.0 Å². The minimum atomic E-state index is -4.94. The van der Waals surface area contributed by atoms with E-state index in [-0.39, 0.29) is 25.7 Å². The molecule has 0 aromatic carbocycles. The zero-order valence-electron chi connectivity index (χ0n) is 53.6. The quantitative estimate of drug-likeness (QED) is 0.0222. The highest BCUT2D eigenvalue weighted by atomic mass is 31.2. The third-order valence-electron chi connectivity index (χ3n) is 14.6. The number of carbonyl (C=O) groups is 4. The van der Waals surface area contributed by atoms with Crippen molar-refractivity contribution in [3.63, 3.8) is 0 Å². The highest BCUT2D eigenvalue weighted by molar-refractivity contribution is 7.47. The van der Waals surface area contributed by atoms with E-state index in [2.05, 4.69) is 48.5 Å². The second-order valence-corrected chi connectivity index (χ2v) is 27.5. The molecule has 0 fully saturated rings. The van der Waals surface area contributed by atoms with E-state index in [1.54, 1.807) is 0 Å². The van der Waals surface area contributed by atoms with Crippen LogP contribution in [0.3, 0.4) is 0 Å². The van der Waals surface area contributed by atoms with Gasteiger partial charge in [0.1, 0.15) is 19.3 Å². The lowest BCUT2D eigenvalue weighted by Crippen LogP contribution is -2.30. The van der Waals surface area contributed by atoms with Gasteiger partial charge in [0, 0.05) is 25.7 Å². The molecular weight excluding hydrogens is 1100 g/mol. The standard InChI is InChI=1S/C64H124O17P2/c1-8-9-10-11-12-13-14-15-16-17-24-33-40-47-63(68)80-59(51-74-61(66)45-38-31-25-18-21-28-35-42-55(2)3)53-78-82(70,71)76-49-58(65)50-77-83(72,73)79-54-60(81-64(69)48-41-34-27-20-23-30-37-44-57(6)7)52-75-62(67)46-39-32-26-19-22-29-36-43-56(4)5/h55-60,65H,8-54H2,1-7H3,(H,70,71)(H,72,73)/t58-,59-,60-/m1/s1. The summed E-state index contributed by atoms with van der Waals surface area (Å²) in [5, 5.41) is 10.5. The first kappa shape index (κ1) is 81.1. The molecule has 0 aliphatic heterocycles. The Kier molecular flexibility index (Phi) is 54.1. The highest BCUT2D eigenvalue weighted by Gasteiger charge is 2.30. The maximum Gasteiger partial charge on any atom is 0.472 e. The number of phosphoric acid groups is 2. The summed E-state index contributed by atoms with van der Waals surface area (Å²) in [5.41, 5.74) is 0. The van der Waals surface area contributed by atoms with Gasteiger partial charge in [-0.1, -0.05) is 260 Å². The van der Waals surface area contributed by atoms with Gasteiger partial charge < -0.3 is 33.8 Å². The minimum absolute atomic E-state index is 0.102. The summed E-state index contributed by atoms with van der Waals surface area (Å²) < 4.78 is 68.0. The van der Waals surface area contributed by atoms with E-state index in [0.717, 1.165) is 103 Å². The fourth-order valence-electron chi connectivity index (χ4n) is 9.48. The molecule has 19 heteroatoms. The minimum Gasteiger partial charge on any atom is -0.462 e. The fourth-order valence-corrected chi connectivity index (χ4v) is 11.1. The molecule has 0 aliphatic rings. The van der Waals surface area contributed by atoms with E-state index < -0.39 is 97.5 Å². The average molecular weight is 1230 g/mol. The number of aliphatic hydroxyl groups excluding tert-OH is 1. The van der Waals surface area contributed by atoms with Crippen LogP contribution in [0.25, 0.3) is 0 Å². The number of esters is 4. The molecule has 0 saturated carbocycles. The summed E-state index contributed by atoms with van der Waals surface area (Å²) in [6.45, 7) is 11.6. The van der Waals surface area contributed by atoms with Crippen LogP contribution in [0.4, 0.5) is 0 Å². The van der Waals surface area contributed by atoms with Crippen molar-refractivity contribution in [2.75, 3.05) is 39.6 Å². The molecule has 0 aromatic rings. The number of aliphatic hydroxyl groups is 1. The molecule has 0 radical (unpaired) electrons. The Morgan fingerprint density at radius 1 is 0.325 bits per heavy atom. The largest absolute Gasteiger partial charge is 0.472 e. The topological polar surface area (TPSA) is 237 Å². The molecule has 0 amide bonds. The average Bonchev–Trinajstić information content (AvgIpc) is 3.43. The maximum absolute atomic E-state index is 13.0. The molecule has 0 rings (SSSR count). The Balaban J connectivity index is 5.25. The first-order valence-corrected chi connectivity index (χ1v) is 36.3. The molecule has 0 aliphatic carbocycles. The lowest BCUT2D eigenvalue weighted by Gasteiger charge is -2.21. The van der Waals surface area contributed by atoms with Gasteiger partial charge in [-0.25, -0.2) is 9.13 Å². The Hall–Kier alpha value is -1.94. The molecular formula is C64H124O17P2.